The first-order chi connectivity index (χ1) is 8.58. The zero-order valence-electron chi connectivity index (χ0n) is 10.0. The van der Waals surface area contributed by atoms with E-state index in [1.807, 2.05) is 0 Å². The molecule has 0 atom stereocenters. The molecule has 0 aliphatic carbocycles. The van der Waals surface area contributed by atoms with E-state index in [2.05, 4.69) is 4.74 Å². The van der Waals surface area contributed by atoms with E-state index in [1.54, 1.807) is 0 Å². The van der Waals surface area contributed by atoms with Crippen molar-refractivity contribution in [2.75, 3.05) is 25.2 Å². The van der Waals surface area contributed by atoms with Crippen molar-refractivity contribution >= 4 is 11.8 Å². The smallest absolute Gasteiger partial charge is 0.413 e. The van der Waals surface area contributed by atoms with Gasteiger partial charge in [0.2, 0.25) is 0 Å². The van der Waals surface area contributed by atoms with E-state index in [9.17, 15) is 13.6 Å². The lowest BCUT2D eigenvalue weighted by Gasteiger charge is -2.21. The molecule has 4 nitrogen and oxygen atoms in total. The van der Waals surface area contributed by atoms with Crippen LogP contribution in [0.5, 0.6) is 0 Å². The second-order valence-electron chi connectivity index (χ2n) is 3.68. The van der Waals surface area contributed by atoms with Gasteiger partial charge in [-0.2, -0.15) is 0 Å². The Morgan fingerprint density at radius 3 is 2.39 bits per heavy atom. The van der Waals surface area contributed by atoms with E-state index < -0.39 is 17.7 Å². The molecule has 18 heavy (non-hydrogen) atoms. The van der Waals surface area contributed by atoms with Crippen molar-refractivity contribution in [3.05, 3.63) is 29.8 Å². The summed E-state index contributed by atoms with van der Waals surface area (Å²) in [7, 11) is 1.19. The number of unbranched alkanes of at least 4 members (excludes halogenated alkanes) is 1. The van der Waals surface area contributed by atoms with Gasteiger partial charge in [-0.15, -0.1) is 0 Å². The summed E-state index contributed by atoms with van der Waals surface area (Å²) in [4.78, 5) is 12.7. The van der Waals surface area contributed by atoms with Gasteiger partial charge < -0.3 is 9.84 Å². The van der Waals surface area contributed by atoms with Crippen LogP contribution in [0.15, 0.2) is 18.2 Å². The van der Waals surface area contributed by atoms with Crippen molar-refractivity contribution in [3.8, 4) is 0 Å². The fourth-order valence-corrected chi connectivity index (χ4v) is 1.51. The molecular formula is C12H15F2NO3. The van der Waals surface area contributed by atoms with Gasteiger partial charge in [0.05, 0.1) is 12.8 Å². The van der Waals surface area contributed by atoms with Crippen LogP contribution in [-0.4, -0.2) is 31.5 Å². The van der Waals surface area contributed by atoms with E-state index in [1.165, 1.54) is 7.11 Å². The van der Waals surface area contributed by atoms with Crippen molar-refractivity contribution in [3.63, 3.8) is 0 Å². The molecule has 0 bridgehead atoms. The van der Waals surface area contributed by atoms with Gasteiger partial charge in [0.15, 0.2) is 0 Å². The highest BCUT2D eigenvalue weighted by Gasteiger charge is 2.17. The summed E-state index contributed by atoms with van der Waals surface area (Å²) in [6, 6.07) is 2.84. The summed E-state index contributed by atoms with van der Waals surface area (Å²) >= 11 is 0. The van der Waals surface area contributed by atoms with Crippen LogP contribution >= 0.6 is 0 Å². The molecular weight excluding hydrogens is 244 g/mol. The number of hydrogen-bond acceptors (Lipinski definition) is 3. The number of aliphatic hydroxyl groups is 1. The zero-order valence-corrected chi connectivity index (χ0v) is 10.0. The molecule has 0 aliphatic rings. The van der Waals surface area contributed by atoms with Gasteiger partial charge in [-0.1, -0.05) is 0 Å². The van der Waals surface area contributed by atoms with Gasteiger partial charge in [-0.3, -0.25) is 4.90 Å². The number of carbonyl (C=O) groups is 1. The normalized spacial score (nSPS) is 10.2. The largest absolute Gasteiger partial charge is 0.452 e. The Kier molecular flexibility index (Phi) is 5.51. The number of rotatable bonds is 5. The van der Waals surface area contributed by atoms with E-state index in [4.69, 9.17) is 5.11 Å². The van der Waals surface area contributed by atoms with Crippen LogP contribution in [0.25, 0.3) is 0 Å². The SMILES string of the molecule is COC(=O)N(CCCCO)c1cc(F)cc(F)c1. The first-order valence-electron chi connectivity index (χ1n) is 5.51. The second kappa shape index (κ2) is 6.90. The molecule has 0 saturated heterocycles. The van der Waals surface area contributed by atoms with Gasteiger partial charge in [-0.05, 0) is 25.0 Å². The number of anilines is 1. The Bertz CT molecular complexity index is 392. The third kappa shape index (κ3) is 3.96. The van der Waals surface area contributed by atoms with Gasteiger partial charge in [0.25, 0.3) is 0 Å². The van der Waals surface area contributed by atoms with Crippen LogP contribution in [0, 0.1) is 11.6 Å². The second-order valence-corrected chi connectivity index (χ2v) is 3.68. The van der Waals surface area contributed by atoms with Crippen molar-refractivity contribution in [2.24, 2.45) is 0 Å². The Morgan fingerprint density at radius 2 is 1.89 bits per heavy atom. The maximum absolute atomic E-state index is 13.1. The van der Waals surface area contributed by atoms with Crippen LogP contribution in [0.2, 0.25) is 0 Å². The molecule has 1 amide bonds. The van der Waals surface area contributed by atoms with E-state index >= 15 is 0 Å². The minimum absolute atomic E-state index is 0.00742. The summed E-state index contributed by atoms with van der Waals surface area (Å²) in [5, 5.41) is 8.68. The number of aliphatic hydroxyl groups excluding tert-OH is 1. The fourth-order valence-electron chi connectivity index (χ4n) is 1.51. The van der Waals surface area contributed by atoms with Gasteiger partial charge in [-0.25, -0.2) is 13.6 Å². The number of halogens is 2. The lowest BCUT2D eigenvalue weighted by molar-refractivity contribution is 0.178. The Morgan fingerprint density at radius 1 is 1.28 bits per heavy atom. The molecule has 1 N–H and O–H groups in total. The predicted octanol–water partition coefficient (Wildman–Crippen LogP) is 2.31. The first-order valence-corrected chi connectivity index (χ1v) is 5.51. The Hall–Kier alpha value is -1.69. The van der Waals surface area contributed by atoms with Crippen LogP contribution < -0.4 is 4.90 Å². The molecule has 0 spiro atoms. The van der Waals surface area contributed by atoms with E-state index in [-0.39, 0.29) is 18.8 Å². The first kappa shape index (κ1) is 14.4. The van der Waals surface area contributed by atoms with Crippen molar-refractivity contribution in [1.82, 2.24) is 0 Å². The minimum atomic E-state index is -0.763. The van der Waals surface area contributed by atoms with E-state index in [0.29, 0.717) is 12.8 Å². The fraction of sp³-hybridized carbons (Fsp3) is 0.417. The maximum Gasteiger partial charge on any atom is 0.413 e. The van der Waals surface area contributed by atoms with Crippen molar-refractivity contribution < 1.29 is 23.4 Å². The predicted molar refractivity (Wildman–Crippen MR) is 62.4 cm³/mol. The molecule has 0 saturated carbocycles. The molecule has 0 unspecified atom stereocenters. The van der Waals surface area contributed by atoms with E-state index in [0.717, 1.165) is 23.1 Å². The van der Waals surface area contributed by atoms with Gasteiger partial charge in [0, 0.05) is 19.2 Å². The molecule has 0 radical (unpaired) electrons. The number of benzene rings is 1. The van der Waals surface area contributed by atoms with Crippen LogP contribution in [0.3, 0.4) is 0 Å². The number of amides is 1. The number of hydrogen-bond donors (Lipinski definition) is 1. The Balaban J connectivity index is 2.90. The lowest BCUT2D eigenvalue weighted by Crippen LogP contribution is -2.32. The van der Waals surface area contributed by atoms with Crippen LogP contribution in [-0.2, 0) is 4.74 Å². The molecule has 1 aromatic rings. The van der Waals surface area contributed by atoms with Crippen LogP contribution in [0.4, 0.5) is 19.3 Å². The third-order valence-electron chi connectivity index (χ3n) is 2.34. The molecule has 1 rings (SSSR count). The van der Waals surface area contributed by atoms with Gasteiger partial charge >= 0.3 is 6.09 Å². The molecule has 0 heterocycles. The quantitative estimate of drug-likeness (QED) is 0.825. The monoisotopic (exact) mass is 259 g/mol. The number of ether oxygens (including phenoxy) is 1. The molecule has 0 aliphatic heterocycles. The Labute approximate surface area is 104 Å². The summed E-state index contributed by atoms with van der Waals surface area (Å²) in [6.07, 6.45) is 0.299. The highest BCUT2D eigenvalue weighted by molar-refractivity contribution is 5.87. The lowest BCUT2D eigenvalue weighted by atomic mass is 10.2. The standard InChI is InChI=1S/C12H15F2NO3/c1-18-12(17)15(4-2-3-5-16)11-7-9(13)6-10(14)8-11/h6-8,16H,2-5H2,1H3. The van der Waals surface area contributed by atoms with Crippen LogP contribution in [0.1, 0.15) is 12.8 Å². The highest BCUT2D eigenvalue weighted by atomic mass is 19.1. The minimum Gasteiger partial charge on any atom is -0.452 e. The molecule has 6 heteroatoms. The zero-order chi connectivity index (χ0) is 13.5. The van der Waals surface area contributed by atoms with Crippen molar-refractivity contribution in [1.29, 1.82) is 0 Å². The number of nitrogens with zero attached hydrogens (tertiary/aromatic N) is 1. The summed E-state index contributed by atoms with van der Waals surface area (Å²) in [5.41, 5.74) is 0.0947. The molecule has 0 fully saturated rings. The third-order valence-corrected chi connectivity index (χ3v) is 2.34. The molecule has 1 aromatic carbocycles. The van der Waals surface area contributed by atoms with Gasteiger partial charge in [0.1, 0.15) is 11.6 Å². The van der Waals surface area contributed by atoms with Crippen molar-refractivity contribution in [2.45, 2.75) is 12.8 Å². The average Bonchev–Trinajstić information content (AvgIpc) is 2.32. The molecule has 0 aromatic heterocycles. The average molecular weight is 259 g/mol. The maximum atomic E-state index is 13.1. The summed E-state index contributed by atoms with van der Waals surface area (Å²) in [5.74, 6) is -1.53. The number of carbonyl (C=O) groups excluding carboxylic acids is 1. The molecule has 100 valence electrons. The number of methoxy groups -OCH3 is 1. The topological polar surface area (TPSA) is 49.8 Å². The summed E-state index contributed by atoms with van der Waals surface area (Å²) in [6.45, 7) is 0.211. The highest BCUT2D eigenvalue weighted by Crippen LogP contribution is 2.19. The summed E-state index contributed by atoms with van der Waals surface area (Å²) < 4.78 is 30.7.